The lowest BCUT2D eigenvalue weighted by Crippen LogP contribution is -2.29. The van der Waals surface area contributed by atoms with Crippen LogP contribution >= 0.6 is 0 Å². The highest BCUT2D eigenvalue weighted by Crippen LogP contribution is 2.20. The highest BCUT2D eigenvalue weighted by molar-refractivity contribution is 5.20. The molecule has 1 N–H and O–H groups in total. The zero-order chi connectivity index (χ0) is 14.4. The molecule has 0 bridgehead atoms. The normalized spacial score (nSPS) is 21.2. The first-order chi connectivity index (χ1) is 9.72. The van der Waals surface area contributed by atoms with E-state index >= 15 is 0 Å². The minimum absolute atomic E-state index is 0.175. The second-order valence-electron chi connectivity index (χ2n) is 5.40. The fraction of sp³-hybridized carbons (Fsp3) is 0.625. The molecule has 2 rings (SSSR count). The van der Waals surface area contributed by atoms with E-state index in [1.54, 1.807) is 7.11 Å². The third kappa shape index (κ3) is 4.27. The average molecular weight is 280 g/mol. The van der Waals surface area contributed by atoms with Gasteiger partial charge in [0.15, 0.2) is 0 Å². The smallest absolute Gasteiger partial charge is 0.123 e. The number of likely N-dealkylation sites (tertiary alicyclic amines) is 1. The minimum atomic E-state index is -0.175. The number of hydrogen-bond donors (Lipinski definition) is 1. The van der Waals surface area contributed by atoms with E-state index in [0.29, 0.717) is 12.1 Å². The molecular formula is C16H25FN2O. The van der Waals surface area contributed by atoms with E-state index in [1.165, 1.54) is 12.1 Å². The number of methoxy groups -OCH3 is 1. The van der Waals surface area contributed by atoms with Crippen molar-refractivity contribution in [3.8, 4) is 0 Å². The molecule has 20 heavy (non-hydrogen) atoms. The Kier molecular flexibility index (Phi) is 5.95. The molecule has 1 aliphatic rings. The Labute approximate surface area is 121 Å². The SMILES string of the molecule is CCNC(CCN1CCC(OC)C1)c1ccc(F)cc1. The lowest BCUT2D eigenvalue weighted by Gasteiger charge is -2.22. The third-order valence-electron chi connectivity index (χ3n) is 4.02. The first-order valence-electron chi connectivity index (χ1n) is 7.47. The van der Waals surface area contributed by atoms with Gasteiger partial charge in [-0.3, -0.25) is 0 Å². The number of hydrogen-bond acceptors (Lipinski definition) is 3. The molecule has 0 spiro atoms. The largest absolute Gasteiger partial charge is 0.380 e. The molecule has 0 aliphatic carbocycles. The first-order valence-corrected chi connectivity index (χ1v) is 7.47. The van der Waals surface area contributed by atoms with Gasteiger partial charge in [0.1, 0.15) is 5.82 Å². The standard InChI is InChI=1S/C16H25FN2O/c1-3-18-16(13-4-6-14(17)7-5-13)9-11-19-10-8-15(12-19)20-2/h4-7,15-16,18H,3,8-12H2,1-2H3. The maximum Gasteiger partial charge on any atom is 0.123 e. The molecule has 1 saturated heterocycles. The van der Waals surface area contributed by atoms with Crippen LogP contribution in [-0.4, -0.2) is 44.3 Å². The summed E-state index contributed by atoms with van der Waals surface area (Å²) in [5, 5.41) is 3.49. The molecule has 0 aromatic heterocycles. The van der Waals surface area contributed by atoms with Crippen LogP contribution in [0.3, 0.4) is 0 Å². The van der Waals surface area contributed by atoms with Crippen LogP contribution in [0.25, 0.3) is 0 Å². The van der Waals surface area contributed by atoms with Crippen molar-refractivity contribution < 1.29 is 9.13 Å². The predicted octanol–water partition coefficient (Wildman–Crippen LogP) is 2.59. The Hall–Kier alpha value is -0.970. The predicted molar refractivity (Wildman–Crippen MR) is 79.3 cm³/mol. The highest BCUT2D eigenvalue weighted by atomic mass is 19.1. The van der Waals surface area contributed by atoms with E-state index in [1.807, 2.05) is 12.1 Å². The van der Waals surface area contributed by atoms with Gasteiger partial charge in [0.05, 0.1) is 6.10 Å². The van der Waals surface area contributed by atoms with E-state index in [9.17, 15) is 4.39 Å². The summed E-state index contributed by atoms with van der Waals surface area (Å²) in [5.74, 6) is -0.175. The van der Waals surface area contributed by atoms with Crippen LogP contribution in [0.5, 0.6) is 0 Å². The Morgan fingerprint density at radius 2 is 2.15 bits per heavy atom. The molecule has 0 saturated carbocycles. The summed E-state index contributed by atoms with van der Waals surface area (Å²) in [6.45, 7) is 6.21. The molecule has 112 valence electrons. The molecule has 0 amide bonds. The average Bonchev–Trinajstić information content (AvgIpc) is 2.92. The summed E-state index contributed by atoms with van der Waals surface area (Å²) in [4.78, 5) is 2.45. The quantitative estimate of drug-likeness (QED) is 0.831. The number of nitrogens with zero attached hydrogens (tertiary/aromatic N) is 1. The summed E-state index contributed by atoms with van der Waals surface area (Å²) in [7, 11) is 1.79. The minimum Gasteiger partial charge on any atom is -0.380 e. The summed E-state index contributed by atoms with van der Waals surface area (Å²) >= 11 is 0. The van der Waals surface area contributed by atoms with Crippen molar-refractivity contribution in [1.82, 2.24) is 10.2 Å². The second kappa shape index (κ2) is 7.72. The van der Waals surface area contributed by atoms with Gasteiger partial charge in [0.25, 0.3) is 0 Å². The number of nitrogens with one attached hydrogen (secondary N) is 1. The van der Waals surface area contributed by atoms with E-state index in [2.05, 4.69) is 17.1 Å². The summed E-state index contributed by atoms with van der Waals surface area (Å²) in [5.41, 5.74) is 1.16. The van der Waals surface area contributed by atoms with Gasteiger partial charge < -0.3 is 15.0 Å². The molecule has 2 unspecified atom stereocenters. The maximum atomic E-state index is 13.0. The number of halogens is 1. The molecule has 1 aromatic rings. The van der Waals surface area contributed by atoms with Gasteiger partial charge in [-0.1, -0.05) is 19.1 Å². The van der Waals surface area contributed by atoms with Crippen LogP contribution in [0.2, 0.25) is 0 Å². The van der Waals surface area contributed by atoms with Gasteiger partial charge in [0, 0.05) is 32.8 Å². The van der Waals surface area contributed by atoms with Crippen LogP contribution in [0.4, 0.5) is 4.39 Å². The maximum absolute atomic E-state index is 13.0. The van der Waals surface area contributed by atoms with Gasteiger partial charge in [-0.05, 0) is 37.1 Å². The highest BCUT2D eigenvalue weighted by Gasteiger charge is 2.22. The van der Waals surface area contributed by atoms with Crippen molar-refractivity contribution in [2.24, 2.45) is 0 Å². The molecule has 1 heterocycles. The Bertz CT molecular complexity index is 396. The molecule has 3 nitrogen and oxygen atoms in total. The molecule has 0 radical (unpaired) electrons. The molecule has 4 heteroatoms. The first kappa shape index (κ1) is 15.4. The van der Waals surface area contributed by atoms with Crippen molar-refractivity contribution in [1.29, 1.82) is 0 Å². The van der Waals surface area contributed by atoms with Gasteiger partial charge in [-0.2, -0.15) is 0 Å². The fourth-order valence-electron chi connectivity index (χ4n) is 2.83. The molecule has 1 aromatic carbocycles. The number of benzene rings is 1. The number of rotatable bonds is 7. The molecule has 2 atom stereocenters. The topological polar surface area (TPSA) is 24.5 Å². The van der Waals surface area contributed by atoms with Gasteiger partial charge >= 0.3 is 0 Å². The van der Waals surface area contributed by atoms with Crippen molar-refractivity contribution in [3.05, 3.63) is 35.6 Å². The van der Waals surface area contributed by atoms with Gasteiger partial charge in [0.2, 0.25) is 0 Å². The van der Waals surface area contributed by atoms with Crippen molar-refractivity contribution in [2.75, 3.05) is 33.3 Å². The van der Waals surface area contributed by atoms with E-state index in [-0.39, 0.29) is 5.82 Å². The van der Waals surface area contributed by atoms with Crippen LogP contribution in [0.15, 0.2) is 24.3 Å². The van der Waals surface area contributed by atoms with Crippen LogP contribution in [0.1, 0.15) is 31.4 Å². The van der Waals surface area contributed by atoms with Crippen LogP contribution < -0.4 is 5.32 Å². The summed E-state index contributed by atoms with van der Waals surface area (Å²) < 4.78 is 18.4. The van der Waals surface area contributed by atoms with Crippen molar-refractivity contribution in [3.63, 3.8) is 0 Å². The van der Waals surface area contributed by atoms with E-state index < -0.39 is 0 Å². The Morgan fingerprint density at radius 1 is 1.40 bits per heavy atom. The lowest BCUT2D eigenvalue weighted by atomic mass is 10.0. The Balaban J connectivity index is 1.88. The molecular weight excluding hydrogens is 255 g/mol. The number of ether oxygens (including phenoxy) is 1. The molecule has 1 fully saturated rings. The van der Waals surface area contributed by atoms with Gasteiger partial charge in [-0.15, -0.1) is 0 Å². The summed E-state index contributed by atoms with van der Waals surface area (Å²) in [6.07, 6.45) is 2.55. The monoisotopic (exact) mass is 280 g/mol. The molecule has 1 aliphatic heterocycles. The van der Waals surface area contributed by atoms with Crippen molar-refractivity contribution >= 4 is 0 Å². The van der Waals surface area contributed by atoms with E-state index in [4.69, 9.17) is 4.74 Å². The van der Waals surface area contributed by atoms with E-state index in [0.717, 1.165) is 44.6 Å². The summed E-state index contributed by atoms with van der Waals surface area (Å²) in [6, 6.07) is 7.13. The van der Waals surface area contributed by atoms with Crippen LogP contribution in [-0.2, 0) is 4.74 Å². The lowest BCUT2D eigenvalue weighted by molar-refractivity contribution is 0.107. The zero-order valence-electron chi connectivity index (χ0n) is 12.4. The van der Waals surface area contributed by atoms with Crippen molar-refractivity contribution in [2.45, 2.75) is 31.9 Å². The zero-order valence-corrected chi connectivity index (χ0v) is 12.4. The Morgan fingerprint density at radius 3 is 2.75 bits per heavy atom. The third-order valence-corrected chi connectivity index (χ3v) is 4.02. The fourth-order valence-corrected chi connectivity index (χ4v) is 2.83. The van der Waals surface area contributed by atoms with Gasteiger partial charge in [-0.25, -0.2) is 4.39 Å². The van der Waals surface area contributed by atoms with Crippen LogP contribution in [0, 0.1) is 5.82 Å². The second-order valence-corrected chi connectivity index (χ2v) is 5.40.